The Morgan fingerprint density at radius 3 is 2.75 bits per heavy atom. The molecule has 86 valence electrons. The van der Waals surface area contributed by atoms with Crippen LogP contribution in [0.4, 0.5) is 0 Å². The Labute approximate surface area is 106 Å². The first kappa shape index (κ1) is 10.8. The zero-order valence-corrected chi connectivity index (χ0v) is 11.1. The maximum absolute atomic E-state index is 3.70. The Morgan fingerprint density at radius 1 is 1.06 bits per heavy atom. The monoisotopic (exact) mass is 279 g/mol. The van der Waals surface area contributed by atoms with Crippen molar-refractivity contribution in [2.24, 2.45) is 0 Å². The molecule has 2 atom stereocenters. The molecule has 2 heteroatoms. The van der Waals surface area contributed by atoms with Gasteiger partial charge in [-0.25, -0.2) is 0 Å². The van der Waals surface area contributed by atoms with Gasteiger partial charge in [-0.15, -0.1) is 0 Å². The van der Waals surface area contributed by atoms with E-state index in [9.17, 15) is 0 Å². The lowest BCUT2D eigenvalue weighted by atomic mass is 9.92. The van der Waals surface area contributed by atoms with Gasteiger partial charge in [-0.3, -0.25) is 4.90 Å². The SMILES string of the molecule is Brc1ccccc1C1CCCC2CCCN21. The van der Waals surface area contributed by atoms with Crippen LogP contribution in [-0.2, 0) is 0 Å². The Balaban J connectivity index is 1.91. The van der Waals surface area contributed by atoms with Gasteiger partial charge < -0.3 is 0 Å². The van der Waals surface area contributed by atoms with Crippen molar-refractivity contribution in [1.82, 2.24) is 4.90 Å². The molecule has 0 aliphatic carbocycles. The van der Waals surface area contributed by atoms with Crippen molar-refractivity contribution in [3.63, 3.8) is 0 Å². The fourth-order valence-corrected chi connectivity index (χ4v) is 3.92. The summed E-state index contributed by atoms with van der Waals surface area (Å²) in [4.78, 5) is 2.74. The summed E-state index contributed by atoms with van der Waals surface area (Å²) in [5.74, 6) is 0. The van der Waals surface area contributed by atoms with Crippen molar-refractivity contribution < 1.29 is 0 Å². The van der Waals surface area contributed by atoms with Crippen LogP contribution in [0.3, 0.4) is 0 Å². The number of fused-ring (bicyclic) bond motifs is 1. The third kappa shape index (κ3) is 1.82. The van der Waals surface area contributed by atoms with Gasteiger partial charge in [0.2, 0.25) is 0 Å². The molecule has 0 radical (unpaired) electrons. The number of hydrogen-bond donors (Lipinski definition) is 0. The number of halogens is 1. The molecule has 16 heavy (non-hydrogen) atoms. The van der Waals surface area contributed by atoms with Gasteiger partial charge in [-0.05, 0) is 50.3 Å². The molecule has 2 fully saturated rings. The average molecular weight is 280 g/mol. The number of nitrogens with zero attached hydrogens (tertiary/aromatic N) is 1. The molecule has 0 saturated carbocycles. The van der Waals surface area contributed by atoms with E-state index in [0.717, 1.165) is 6.04 Å². The summed E-state index contributed by atoms with van der Waals surface area (Å²) in [6.07, 6.45) is 6.96. The van der Waals surface area contributed by atoms with Gasteiger partial charge in [0.25, 0.3) is 0 Å². The van der Waals surface area contributed by atoms with Crippen LogP contribution in [0.1, 0.15) is 43.7 Å². The topological polar surface area (TPSA) is 3.24 Å². The van der Waals surface area contributed by atoms with Gasteiger partial charge in [0.15, 0.2) is 0 Å². The smallest absolute Gasteiger partial charge is 0.0362 e. The van der Waals surface area contributed by atoms with E-state index < -0.39 is 0 Å². The predicted molar refractivity (Wildman–Crippen MR) is 70.5 cm³/mol. The molecular formula is C14H18BrN. The van der Waals surface area contributed by atoms with E-state index >= 15 is 0 Å². The molecule has 2 aliphatic heterocycles. The number of benzene rings is 1. The third-order valence-corrected chi connectivity index (χ3v) is 4.82. The van der Waals surface area contributed by atoms with Crippen molar-refractivity contribution in [2.75, 3.05) is 6.54 Å². The van der Waals surface area contributed by atoms with Crippen molar-refractivity contribution in [1.29, 1.82) is 0 Å². The fourth-order valence-electron chi connectivity index (χ4n) is 3.37. The quantitative estimate of drug-likeness (QED) is 0.747. The van der Waals surface area contributed by atoms with Crippen molar-refractivity contribution in [3.05, 3.63) is 34.3 Å². The normalized spacial score (nSPS) is 30.3. The molecule has 0 aromatic heterocycles. The van der Waals surface area contributed by atoms with Gasteiger partial charge in [-0.1, -0.05) is 34.1 Å². The summed E-state index contributed by atoms with van der Waals surface area (Å²) in [6, 6.07) is 10.3. The first-order valence-electron chi connectivity index (χ1n) is 6.36. The largest absolute Gasteiger partial charge is 0.293 e. The maximum atomic E-state index is 3.70. The van der Waals surface area contributed by atoms with Crippen LogP contribution in [0, 0.1) is 0 Å². The fraction of sp³-hybridized carbons (Fsp3) is 0.571. The van der Waals surface area contributed by atoms with Gasteiger partial charge >= 0.3 is 0 Å². The molecule has 2 unspecified atom stereocenters. The Kier molecular flexibility index (Phi) is 3.03. The first-order valence-corrected chi connectivity index (χ1v) is 7.16. The molecule has 2 heterocycles. The summed E-state index contributed by atoms with van der Waals surface area (Å²) in [5.41, 5.74) is 1.49. The van der Waals surface area contributed by atoms with Gasteiger partial charge in [0.1, 0.15) is 0 Å². The summed E-state index contributed by atoms with van der Waals surface area (Å²) >= 11 is 3.70. The molecule has 0 amide bonds. The Hall–Kier alpha value is -0.340. The van der Waals surface area contributed by atoms with Crippen LogP contribution in [-0.4, -0.2) is 17.5 Å². The third-order valence-electron chi connectivity index (χ3n) is 4.10. The molecule has 3 rings (SSSR count). The van der Waals surface area contributed by atoms with E-state index in [1.807, 2.05) is 0 Å². The first-order chi connectivity index (χ1) is 7.86. The standard InChI is InChI=1S/C14H18BrN/c15-13-8-2-1-7-12(13)14-9-3-5-11-6-4-10-16(11)14/h1-2,7-8,11,14H,3-6,9-10H2. The zero-order chi connectivity index (χ0) is 11.0. The second-order valence-electron chi connectivity index (χ2n) is 5.00. The second kappa shape index (κ2) is 4.50. The van der Waals surface area contributed by atoms with Gasteiger partial charge in [0, 0.05) is 16.6 Å². The maximum Gasteiger partial charge on any atom is 0.0362 e. The highest BCUT2D eigenvalue weighted by molar-refractivity contribution is 9.10. The zero-order valence-electron chi connectivity index (χ0n) is 9.53. The molecule has 2 aliphatic rings. The second-order valence-corrected chi connectivity index (χ2v) is 5.86. The van der Waals surface area contributed by atoms with E-state index in [1.54, 1.807) is 0 Å². The minimum absolute atomic E-state index is 0.664. The van der Waals surface area contributed by atoms with Crippen LogP contribution in [0.5, 0.6) is 0 Å². The molecule has 1 aromatic carbocycles. The average Bonchev–Trinajstić information content (AvgIpc) is 2.77. The van der Waals surface area contributed by atoms with Crippen molar-refractivity contribution >= 4 is 15.9 Å². The molecule has 2 saturated heterocycles. The van der Waals surface area contributed by atoms with Crippen molar-refractivity contribution in [3.8, 4) is 0 Å². The van der Waals surface area contributed by atoms with Crippen LogP contribution in [0.2, 0.25) is 0 Å². The van der Waals surface area contributed by atoms with Crippen LogP contribution >= 0.6 is 15.9 Å². The summed E-state index contributed by atoms with van der Waals surface area (Å²) in [6.45, 7) is 1.30. The Bertz CT molecular complexity index is 377. The lowest BCUT2D eigenvalue weighted by molar-refractivity contribution is 0.123. The molecule has 1 nitrogen and oxygen atoms in total. The minimum atomic E-state index is 0.664. The molecule has 0 bridgehead atoms. The van der Waals surface area contributed by atoms with Gasteiger partial charge in [0.05, 0.1) is 0 Å². The van der Waals surface area contributed by atoms with E-state index in [0.29, 0.717) is 6.04 Å². The van der Waals surface area contributed by atoms with E-state index in [4.69, 9.17) is 0 Å². The molecular weight excluding hydrogens is 262 g/mol. The van der Waals surface area contributed by atoms with Crippen LogP contribution in [0.25, 0.3) is 0 Å². The highest BCUT2D eigenvalue weighted by Gasteiger charge is 2.34. The summed E-state index contributed by atoms with van der Waals surface area (Å²) in [5, 5.41) is 0. The van der Waals surface area contributed by atoms with Crippen LogP contribution < -0.4 is 0 Å². The van der Waals surface area contributed by atoms with E-state index in [-0.39, 0.29) is 0 Å². The summed E-state index contributed by atoms with van der Waals surface area (Å²) in [7, 11) is 0. The number of rotatable bonds is 1. The molecule has 0 N–H and O–H groups in total. The molecule has 1 aromatic rings. The van der Waals surface area contributed by atoms with E-state index in [1.165, 1.54) is 48.7 Å². The predicted octanol–water partition coefficient (Wildman–Crippen LogP) is 4.14. The Morgan fingerprint density at radius 2 is 1.88 bits per heavy atom. The minimum Gasteiger partial charge on any atom is -0.293 e. The van der Waals surface area contributed by atoms with Crippen molar-refractivity contribution in [2.45, 2.75) is 44.2 Å². The highest BCUT2D eigenvalue weighted by Crippen LogP contribution is 2.41. The molecule has 0 spiro atoms. The van der Waals surface area contributed by atoms with E-state index in [2.05, 4.69) is 45.1 Å². The highest BCUT2D eigenvalue weighted by atomic mass is 79.9. The number of piperidine rings is 1. The van der Waals surface area contributed by atoms with Crippen LogP contribution in [0.15, 0.2) is 28.7 Å². The van der Waals surface area contributed by atoms with Gasteiger partial charge in [-0.2, -0.15) is 0 Å². The number of hydrogen-bond acceptors (Lipinski definition) is 1. The summed E-state index contributed by atoms with van der Waals surface area (Å²) < 4.78 is 1.28. The lowest BCUT2D eigenvalue weighted by Crippen LogP contribution is -2.37. The lowest BCUT2D eigenvalue weighted by Gasteiger charge is -2.38.